The van der Waals surface area contributed by atoms with Gasteiger partial charge in [-0.1, -0.05) is 12.1 Å². The highest BCUT2D eigenvalue weighted by Gasteiger charge is 2.17. The summed E-state index contributed by atoms with van der Waals surface area (Å²) < 4.78 is 8.84. The van der Waals surface area contributed by atoms with Gasteiger partial charge in [-0.3, -0.25) is 4.31 Å². The van der Waals surface area contributed by atoms with E-state index < -0.39 is 0 Å². The summed E-state index contributed by atoms with van der Waals surface area (Å²) >= 11 is 3.30. The molecule has 0 spiro atoms. The summed E-state index contributed by atoms with van der Waals surface area (Å²) in [6.45, 7) is 4.13. The van der Waals surface area contributed by atoms with Crippen LogP contribution in [0, 0.1) is 0 Å². The van der Waals surface area contributed by atoms with Crippen LogP contribution in [0.3, 0.4) is 0 Å². The molecule has 0 unspecified atom stereocenters. The molecular weight excluding hydrogens is 490 g/mol. The molecule has 2 N–H and O–H groups in total. The molecule has 188 valence electrons. The van der Waals surface area contributed by atoms with Crippen molar-refractivity contribution in [3.05, 3.63) is 53.9 Å². The predicted molar refractivity (Wildman–Crippen MR) is 153 cm³/mol. The van der Waals surface area contributed by atoms with Gasteiger partial charge in [0.05, 0.1) is 28.7 Å². The first-order valence-corrected chi connectivity index (χ1v) is 13.5. The van der Waals surface area contributed by atoms with Crippen LogP contribution in [0.25, 0.3) is 10.2 Å². The Bertz CT molecular complexity index is 1340. The number of piperazine rings is 1. The van der Waals surface area contributed by atoms with Gasteiger partial charge in [0, 0.05) is 42.8 Å². The summed E-state index contributed by atoms with van der Waals surface area (Å²) in [6, 6.07) is 16.5. The maximum absolute atomic E-state index is 5.75. The van der Waals surface area contributed by atoms with E-state index >= 15 is 0 Å². The second kappa shape index (κ2) is 10.9. The summed E-state index contributed by atoms with van der Waals surface area (Å²) in [6.07, 6.45) is 0. The largest absolute Gasteiger partial charge is 0.494 e. The van der Waals surface area contributed by atoms with E-state index in [1.54, 1.807) is 30.4 Å². The first-order chi connectivity index (χ1) is 17.5. The molecule has 3 heterocycles. The monoisotopic (exact) mass is 521 g/mol. The van der Waals surface area contributed by atoms with Crippen LogP contribution in [0.1, 0.15) is 0 Å². The van der Waals surface area contributed by atoms with Crippen molar-refractivity contribution in [1.29, 1.82) is 0 Å². The summed E-state index contributed by atoms with van der Waals surface area (Å²) in [7, 11) is 7.93. The number of aromatic nitrogens is 2. The van der Waals surface area contributed by atoms with E-state index in [1.165, 1.54) is 0 Å². The van der Waals surface area contributed by atoms with E-state index in [-0.39, 0.29) is 0 Å². The van der Waals surface area contributed by atoms with Crippen LogP contribution in [0.4, 0.5) is 28.8 Å². The normalized spacial score (nSPS) is 14.4. The fourth-order valence-corrected chi connectivity index (χ4v) is 5.67. The molecule has 1 aliphatic rings. The Hall–Kier alpha value is -3.05. The molecule has 36 heavy (non-hydrogen) atoms. The SMILES string of the molecule is COc1cc(N2CCN(C)CC2)ccc1Nc1nc(Nc2ccccc2SN(C)C)c2sccc2n1. The number of para-hydroxylation sites is 1. The zero-order chi connectivity index (χ0) is 25.1. The van der Waals surface area contributed by atoms with E-state index in [0.29, 0.717) is 5.95 Å². The molecule has 2 aromatic heterocycles. The number of hydrogen-bond acceptors (Lipinski definition) is 10. The predicted octanol–water partition coefficient (Wildman–Crippen LogP) is 5.51. The van der Waals surface area contributed by atoms with Crippen LogP contribution in [0.5, 0.6) is 5.75 Å². The number of likely N-dealkylation sites (N-methyl/N-ethyl adjacent to an activating group) is 1. The Morgan fingerprint density at radius 3 is 2.56 bits per heavy atom. The molecule has 5 rings (SSSR count). The van der Waals surface area contributed by atoms with Gasteiger partial charge in [0.2, 0.25) is 5.95 Å². The van der Waals surface area contributed by atoms with Crippen molar-refractivity contribution in [1.82, 2.24) is 19.2 Å². The van der Waals surface area contributed by atoms with Crippen LogP contribution in [-0.4, -0.2) is 73.6 Å². The van der Waals surface area contributed by atoms with E-state index in [9.17, 15) is 0 Å². The minimum Gasteiger partial charge on any atom is -0.494 e. The van der Waals surface area contributed by atoms with E-state index in [0.717, 1.165) is 69.9 Å². The minimum absolute atomic E-state index is 0.520. The Kier molecular flexibility index (Phi) is 7.47. The topological polar surface area (TPSA) is 68.8 Å². The molecule has 8 nitrogen and oxygen atoms in total. The molecule has 4 aromatic rings. The molecule has 10 heteroatoms. The number of benzene rings is 2. The first-order valence-electron chi connectivity index (χ1n) is 11.9. The molecule has 0 bridgehead atoms. The number of ether oxygens (including phenoxy) is 1. The number of nitrogens with zero attached hydrogens (tertiary/aromatic N) is 5. The van der Waals surface area contributed by atoms with Gasteiger partial charge in [-0.15, -0.1) is 11.3 Å². The van der Waals surface area contributed by atoms with Gasteiger partial charge in [-0.25, -0.2) is 4.98 Å². The molecule has 1 aliphatic heterocycles. The van der Waals surface area contributed by atoms with Crippen LogP contribution < -0.4 is 20.3 Å². The van der Waals surface area contributed by atoms with Crippen LogP contribution in [0.2, 0.25) is 0 Å². The summed E-state index contributed by atoms with van der Waals surface area (Å²) in [5.74, 6) is 2.06. The van der Waals surface area contributed by atoms with Crippen LogP contribution in [0.15, 0.2) is 58.8 Å². The van der Waals surface area contributed by atoms with Crippen molar-refractivity contribution < 1.29 is 4.74 Å². The molecule has 2 aromatic carbocycles. The van der Waals surface area contributed by atoms with Crippen LogP contribution in [-0.2, 0) is 0 Å². The molecule has 0 radical (unpaired) electrons. The maximum Gasteiger partial charge on any atom is 0.229 e. The van der Waals surface area contributed by atoms with Crippen molar-refractivity contribution in [2.24, 2.45) is 0 Å². The third kappa shape index (κ3) is 5.52. The fourth-order valence-electron chi connectivity index (χ4n) is 4.14. The fraction of sp³-hybridized carbons (Fsp3) is 0.308. The summed E-state index contributed by atoms with van der Waals surface area (Å²) in [4.78, 5) is 15.5. The number of thiophene rings is 1. The molecule has 0 amide bonds. The van der Waals surface area contributed by atoms with Crippen molar-refractivity contribution >= 4 is 62.3 Å². The average molecular weight is 522 g/mol. The summed E-state index contributed by atoms with van der Waals surface area (Å²) in [5, 5.41) is 8.98. The highest BCUT2D eigenvalue weighted by atomic mass is 32.2. The number of methoxy groups -OCH3 is 1. The van der Waals surface area contributed by atoms with Gasteiger partial charge >= 0.3 is 0 Å². The second-order valence-corrected chi connectivity index (χ2v) is 11.1. The smallest absolute Gasteiger partial charge is 0.229 e. The molecule has 1 saturated heterocycles. The second-order valence-electron chi connectivity index (χ2n) is 8.86. The third-order valence-corrected chi connectivity index (χ3v) is 7.85. The van der Waals surface area contributed by atoms with Crippen molar-refractivity contribution in [2.45, 2.75) is 4.90 Å². The highest BCUT2D eigenvalue weighted by molar-refractivity contribution is 7.97. The van der Waals surface area contributed by atoms with Gasteiger partial charge in [0.1, 0.15) is 5.75 Å². The van der Waals surface area contributed by atoms with E-state index in [1.807, 2.05) is 43.7 Å². The van der Waals surface area contributed by atoms with Gasteiger partial charge < -0.3 is 25.2 Å². The minimum atomic E-state index is 0.520. The lowest BCUT2D eigenvalue weighted by Gasteiger charge is -2.34. The van der Waals surface area contributed by atoms with Gasteiger partial charge in [0.15, 0.2) is 5.82 Å². The standard InChI is InChI=1S/C26H31N7OS2/c1-31(2)36-23-8-6-5-7-20(23)27-25-24-21(11-16-35-24)29-26(30-25)28-19-10-9-18(17-22(19)34-4)33-14-12-32(3)13-15-33/h5-11,16-17H,12-15H2,1-4H3,(H2,27,28,29,30). The van der Waals surface area contributed by atoms with Crippen molar-refractivity contribution in [2.75, 3.05) is 70.0 Å². The van der Waals surface area contributed by atoms with E-state index in [4.69, 9.17) is 14.7 Å². The molecule has 0 atom stereocenters. The Morgan fingerprint density at radius 2 is 1.78 bits per heavy atom. The lowest BCUT2D eigenvalue weighted by molar-refractivity contribution is 0.312. The van der Waals surface area contributed by atoms with Gasteiger partial charge in [0.25, 0.3) is 0 Å². The lowest BCUT2D eigenvalue weighted by Crippen LogP contribution is -2.44. The Labute approximate surface area is 220 Å². The zero-order valence-electron chi connectivity index (χ0n) is 21.0. The summed E-state index contributed by atoms with van der Waals surface area (Å²) in [5.41, 5.74) is 3.90. The highest BCUT2D eigenvalue weighted by Crippen LogP contribution is 2.36. The third-order valence-electron chi connectivity index (χ3n) is 6.02. The van der Waals surface area contributed by atoms with Gasteiger partial charge in [-0.05, 0) is 68.8 Å². The van der Waals surface area contributed by atoms with E-state index in [2.05, 4.69) is 56.1 Å². The lowest BCUT2D eigenvalue weighted by atomic mass is 10.2. The maximum atomic E-state index is 5.75. The first kappa shape index (κ1) is 24.6. The molecular formula is C26H31N7OS2. The van der Waals surface area contributed by atoms with Crippen molar-refractivity contribution in [3.8, 4) is 5.75 Å². The average Bonchev–Trinajstić information content (AvgIpc) is 3.35. The molecule has 1 fully saturated rings. The number of fused-ring (bicyclic) bond motifs is 1. The quantitative estimate of drug-likeness (QED) is 0.292. The number of anilines is 5. The van der Waals surface area contributed by atoms with Gasteiger partial charge in [-0.2, -0.15) is 4.98 Å². The van der Waals surface area contributed by atoms with Crippen molar-refractivity contribution in [3.63, 3.8) is 0 Å². The molecule has 0 saturated carbocycles. The Morgan fingerprint density at radius 1 is 0.972 bits per heavy atom. The Balaban J connectivity index is 1.43. The zero-order valence-corrected chi connectivity index (χ0v) is 22.6. The van der Waals surface area contributed by atoms with Crippen LogP contribution >= 0.6 is 23.3 Å². The number of nitrogens with one attached hydrogen (secondary N) is 2. The number of rotatable bonds is 8. The number of hydrogen-bond donors (Lipinski definition) is 2. The molecule has 0 aliphatic carbocycles.